The van der Waals surface area contributed by atoms with Gasteiger partial charge in [0.25, 0.3) is 23.1 Å². The zero-order valence-electron chi connectivity index (χ0n) is 12.8. The van der Waals surface area contributed by atoms with Crippen molar-refractivity contribution in [1.82, 2.24) is 9.80 Å². The van der Waals surface area contributed by atoms with Gasteiger partial charge in [-0.3, -0.25) is 19.0 Å². The third kappa shape index (κ3) is 1.71. The van der Waals surface area contributed by atoms with E-state index in [4.69, 9.17) is 0 Å². The summed E-state index contributed by atoms with van der Waals surface area (Å²) in [5, 5.41) is -0.605. The normalized spacial score (nSPS) is 39.6. The largest absolute Gasteiger partial charge is 0.322 e. The first-order chi connectivity index (χ1) is 11.8. The van der Waals surface area contributed by atoms with Crippen LogP contribution in [0.3, 0.4) is 0 Å². The minimum Gasteiger partial charge on any atom is -0.322 e. The van der Waals surface area contributed by atoms with Gasteiger partial charge < -0.3 is 4.90 Å². The lowest BCUT2D eigenvalue weighted by Crippen LogP contribution is -2.71. The van der Waals surface area contributed by atoms with Crippen LogP contribution in [0.1, 0.15) is 12.0 Å². The van der Waals surface area contributed by atoms with Gasteiger partial charge in [-0.2, -0.15) is 0 Å². The molecule has 0 saturated carbocycles. The minimum atomic E-state index is -2.33. The summed E-state index contributed by atoms with van der Waals surface area (Å²) >= 11 is 1.44. The van der Waals surface area contributed by atoms with Crippen LogP contribution in [0, 0.1) is 0 Å². The molecule has 6 rings (SSSR count). The van der Waals surface area contributed by atoms with Gasteiger partial charge in [0.2, 0.25) is 0 Å². The van der Waals surface area contributed by atoms with Crippen molar-refractivity contribution in [3.05, 3.63) is 29.8 Å². The number of nitrogens with zero attached hydrogens (tertiary/aromatic N) is 3. The molecule has 5 aliphatic heterocycles. The maximum Gasteiger partial charge on any atom is 0.263 e. The van der Waals surface area contributed by atoms with Gasteiger partial charge in [-0.1, -0.05) is 55.7 Å². The zero-order chi connectivity index (χ0) is 17.7. The van der Waals surface area contributed by atoms with Gasteiger partial charge in [0.05, 0.1) is 10.0 Å². The first-order valence-corrected chi connectivity index (χ1v) is 11.5. The summed E-state index contributed by atoms with van der Waals surface area (Å²) in [5.41, 5.74) is 1.43. The summed E-state index contributed by atoms with van der Waals surface area (Å²) in [5.74, 6) is -0.323. The van der Waals surface area contributed by atoms with Crippen molar-refractivity contribution in [1.29, 1.82) is 0 Å². The summed E-state index contributed by atoms with van der Waals surface area (Å²) in [4.78, 5) is 28.1. The van der Waals surface area contributed by atoms with Gasteiger partial charge in [0.15, 0.2) is 10.2 Å². The Bertz CT molecular complexity index is 871. The fourth-order valence-corrected chi connectivity index (χ4v) is 9.95. The molecule has 25 heavy (non-hydrogen) atoms. The molecular weight excluding hydrogens is 450 g/mol. The summed E-state index contributed by atoms with van der Waals surface area (Å²) in [7, 11) is 4.41. The molecular formula is C14H12BrN3O4S3. The van der Waals surface area contributed by atoms with Gasteiger partial charge >= 0.3 is 0 Å². The Balaban J connectivity index is 1.77. The van der Waals surface area contributed by atoms with Crippen LogP contribution < -0.4 is 4.31 Å². The zero-order valence-corrected chi connectivity index (χ0v) is 16.8. The van der Waals surface area contributed by atoms with Crippen LogP contribution in [0.4, 0.5) is 5.69 Å². The lowest BCUT2D eigenvalue weighted by molar-refractivity contribution is -0.158. The van der Waals surface area contributed by atoms with E-state index in [0.717, 1.165) is 5.56 Å². The van der Waals surface area contributed by atoms with E-state index in [1.807, 2.05) is 12.1 Å². The fraction of sp³-hybridized carbons (Fsp3) is 0.429. The highest BCUT2D eigenvalue weighted by atomic mass is 79.9. The Morgan fingerprint density at radius 3 is 2.80 bits per heavy atom. The van der Waals surface area contributed by atoms with E-state index in [9.17, 15) is 18.4 Å². The van der Waals surface area contributed by atoms with E-state index >= 15 is 0 Å². The van der Waals surface area contributed by atoms with Gasteiger partial charge in [-0.05, 0) is 11.6 Å². The molecule has 2 amide bonds. The maximum atomic E-state index is 13.1. The molecule has 1 spiro atoms. The van der Waals surface area contributed by atoms with Crippen LogP contribution in [0.5, 0.6) is 0 Å². The predicted molar refractivity (Wildman–Crippen MR) is 100 cm³/mol. The predicted octanol–water partition coefficient (Wildman–Crippen LogP) is 1.68. The van der Waals surface area contributed by atoms with Gasteiger partial charge in [0.1, 0.15) is 6.17 Å². The number of carbonyl (C=O) groups is 2. The van der Waals surface area contributed by atoms with Crippen LogP contribution >= 0.6 is 37.5 Å². The van der Waals surface area contributed by atoms with Crippen LogP contribution in [0.15, 0.2) is 24.3 Å². The number of alkyl halides is 1. The Labute approximate surface area is 162 Å². The number of amides is 2. The Morgan fingerprint density at radius 1 is 1.36 bits per heavy atom. The summed E-state index contributed by atoms with van der Waals surface area (Å²) in [6.45, 7) is 0. The topological polar surface area (TPSA) is 81.2 Å². The molecule has 1 aromatic rings. The van der Waals surface area contributed by atoms with E-state index in [1.54, 1.807) is 19.2 Å². The molecule has 5 aliphatic rings. The van der Waals surface area contributed by atoms with Crippen LogP contribution in [0.25, 0.3) is 0 Å². The number of anilines is 1. The molecule has 4 fully saturated rings. The number of likely N-dealkylation sites (N-methyl/N-ethyl adjacent to an activating group) is 1. The molecule has 132 valence electrons. The van der Waals surface area contributed by atoms with Crippen molar-refractivity contribution < 1.29 is 18.4 Å². The molecule has 1 aromatic carbocycles. The smallest absolute Gasteiger partial charge is 0.263 e. The van der Waals surface area contributed by atoms with E-state index in [2.05, 4.69) is 15.9 Å². The molecule has 2 bridgehead atoms. The first-order valence-electron chi connectivity index (χ1n) is 7.46. The third-order valence-electron chi connectivity index (χ3n) is 5.25. The summed E-state index contributed by atoms with van der Waals surface area (Å²) in [6, 6.07) is 7.29. The average Bonchev–Trinajstić information content (AvgIpc) is 2.98. The lowest BCUT2D eigenvalue weighted by atomic mass is 9.95. The second-order valence-corrected chi connectivity index (χ2v) is 11.3. The highest BCUT2D eigenvalue weighted by molar-refractivity contribution is 9.09. The minimum absolute atomic E-state index is 0.129. The molecule has 1 N–H and O–H groups in total. The van der Waals surface area contributed by atoms with Crippen molar-refractivity contribution in [2.24, 2.45) is 0 Å². The molecule has 0 aromatic heterocycles. The van der Waals surface area contributed by atoms with E-state index in [-0.39, 0.29) is 11.8 Å². The molecule has 0 radical (unpaired) electrons. The number of benzene rings is 1. The highest BCUT2D eigenvalue weighted by Crippen LogP contribution is 2.68. The molecule has 5 atom stereocenters. The third-order valence-corrected chi connectivity index (χ3v) is 10.4. The second kappa shape index (κ2) is 4.94. The molecule has 4 saturated heterocycles. The van der Waals surface area contributed by atoms with Crippen LogP contribution in [0.2, 0.25) is 0 Å². The van der Waals surface area contributed by atoms with Crippen molar-refractivity contribution in [2.75, 3.05) is 11.4 Å². The summed E-state index contributed by atoms with van der Waals surface area (Å²) < 4.78 is 22.7. The number of hydrogen-bond acceptors (Lipinski definition) is 5. The molecule has 0 aliphatic carbocycles. The number of para-hydroxylation sites is 1. The number of piperazine rings is 1. The van der Waals surface area contributed by atoms with Crippen LogP contribution in [-0.4, -0.2) is 53.8 Å². The van der Waals surface area contributed by atoms with Gasteiger partial charge in [0, 0.05) is 13.5 Å². The quantitative estimate of drug-likeness (QED) is 0.389. The van der Waals surface area contributed by atoms with E-state index < -0.39 is 32.0 Å². The molecule has 7 nitrogen and oxygen atoms in total. The number of carbonyl (C=O) groups excluding carboxylic acids is 2. The Kier molecular flexibility index (Phi) is 3.25. The molecule has 11 heteroatoms. The van der Waals surface area contributed by atoms with Crippen molar-refractivity contribution >= 4 is 66.3 Å². The van der Waals surface area contributed by atoms with Crippen molar-refractivity contribution in [2.45, 2.75) is 27.2 Å². The average molecular weight is 462 g/mol. The van der Waals surface area contributed by atoms with Crippen molar-refractivity contribution in [3.8, 4) is 0 Å². The highest BCUT2D eigenvalue weighted by Gasteiger charge is 2.75. The maximum absolute atomic E-state index is 13.1. The number of fused-ring (bicyclic) bond motifs is 5. The number of hydrogen-bond donors (Lipinski definition) is 1. The monoisotopic (exact) mass is 461 g/mol. The second-order valence-electron chi connectivity index (χ2n) is 6.43. The fourth-order valence-electron chi connectivity index (χ4n) is 4.25. The van der Waals surface area contributed by atoms with Crippen molar-refractivity contribution in [3.63, 3.8) is 0 Å². The number of halogens is 1. The van der Waals surface area contributed by atoms with Crippen LogP contribution in [-0.2, 0) is 25.2 Å². The van der Waals surface area contributed by atoms with E-state index in [1.165, 1.54) is 35.7 Å². The molecule has 5 heterocycles. The standard InChI is InChI=1S/C14H12BrN3O4S3/c1-16-10-9(19)17-11-13(15,6-14(17,12(16)20)24-23-10)7-4-2-3-5-8(7)18(11)25(21)22/h2-5,10-11H,6H2,1H3,(H,21,22)/t10-,11+,13+,14-/m1/s1. The van der Waals surface area contributed by atoms with Gasteiger partial charge in [-0.25, -0.2) is 8.51 Å². The Morgan fingerprint density at radius 2 is 2.08 bits per heavy atom. The summed E-state index contributed by atoms with van der Waals surface area (Å²) in [6.07, 6.45) is -0.383. The number of rotatable bonds is 1. The van der Waals surface area contributed by atoms with E-state index in [0.29, 0.717) is 12.1 Å². The first kappa shape index (κ1) is 16.4. The van der Waals surface area contributed by atoms with Gasteiger partial charge in [-0.15, -0.1) is 0 Å². The molecule has 1 unspecified atom stereocenters. The lowest BCUT2D eigenvalue weighted by Gasteiger charge is -2.53. The Hall–Kier alpha value is -0.750. The SMILES string of the molecule is CN1C(=O)[C@]23C[C@]4(Br)c5ccccc5N(S(=O)O)[C@@H]4N2C(=O)[C@H]1SS3.